The predicted octanol–water partition coefficient (Wildman–Crippen LogP) is 4.23. The lowest BCUT2D eigenvalue weighted by Crippen LogP contribution is -2.35. The van der Waals surface area contributed by atoms with Crippen molar-refractivity contribution < 1.29 is 14.3 Å². The molecule has 1 amide bonds. The quantitative estimate of drug-likeness (QED) is 0.448. The lowest BCUT2D eigenvalue weighted by atomic mass is 10.2. The number of benzene rings is 3. The zero-order valence-electron chi connectivity index (χ0n) is 18.3. The van der Waals surface area contributed by atoms with Crippen LogP contribution in [-0.2, 0) is 17.9 Å². The number of hydrogen-bond donors (Lipinski definition) is 2. The molecule has 0 bridgehead atoms. The van der Waals surface area contributed by atoms with Gasteiger partial charge in [-0.05, 0) is 42.0 Å². The van der Waals surface area contributed by atoms with Gasteiger partial charge in [0, 0.05) is 24.3 Å². The summed E-state index contributed by atoms with van der Waals surface area (Å²) < 4.78 is 11.3. The van der Waals surface area contributed by atoms with Crippen LogP contribution >= 0.6 is 0 Å². The first-order valence-corrected chi connectivity index (χ1v) is 11.1. The third-order valence-electron chi connectivity index (χ3n) is 5.61. The van der Waals surface area contributed by atoms with E-state index in [1.807, 2.05) is 60.7 Å². The number of rotatable bonds is 7. The summed E-state index contributed by atoms with van der Waals surface area (Å²) in [5, 5.41) is 2.97. The molecule has 1 aliphatic rings. The van der Waals surface area contributed by atoms with Gasteiger partial charge in [-0.25, -0.2) is 4.98 Å². The largest absolute Gasteiger partial charge is 0.489 e. The zero-order chi connectivity index (χ0) is 22.5. The maximum Gasteiger partial charge on any atom is 0.255 e. The lowest BCUT2D eigenvalue weighted by Gasteiger charge is -2.25. The number of amides is 1. The number of nitrogens with one attached hydrogen (secondary N) is 2. The molecule has 33 heavy (non-hydrogen) atoms. The summed E-state index contributed by atoms with van der Waals surface area (Å²) in [4.78, 5) is 23.2. The van der Waals surface area contributed by atoms with Crippen LogP contribution < -0.4 is 10.1 Å². The van der Waals surface area contributed by atoms with Crippen molar-refractivity contribution in [2.75, 3.05) is 31.6 Å². The fourth-order valence-corrected chi connectivity index (χ4v) is 3.86. The first kappa shape index (κ1) is 21.2. The van der Waals surface area contributed by atoms with Gasteiger partial charge in [-0.2, -0.15) is 0 Å². The Morgan fingerprint density at radius 3 is 2.73 bits per heavy atom. The molecule has 1 aromatic heterocycles. The third kappa shape index (κ3) is 5.39. The standard InChI is InChI=1S/C26H26N4O3/c31-26(20-7-4-8-22(15-20)33-18-19-5-2-1-3-6-19)27-21-9-10-23-24(16-21)29-25(28-23)17-30-11-13-32-14-12-30/h1-10,15-16H,11-14,17-18H2,(H,27,31)(H,28,29). The number of carbonyl (C=O) groups excluding carboxylic acids is 1. The molecule has 0 unspecified atom stereocenters. The fraction of sp³-hybridized carbons (Fsp3) is 0.231. The Hall–Kier alpha value is -3.68. The number of anilines is 1. The second-order valence-electron chi connectivity index (χ2n) is 8.06. The van der Waals surface area contributed by atoms with Crippen LogP contribution in [-0.4, -0.2) is 47.1 Å². The molecule has 3 aromatic carbocycles. The summed E-state index contributed by atoms with van der Waals surface area (Å²) in [6.45, 7) is 4.55. The minimum atomic E-state index is -0.187. The number of hydrogen-bond acceptors (Lipinski definition) is 5. The Balaban J connectivity index is 1.24. The van der Waals surface area contributed by atoms with E-state index in [9.17, 15) is 4.79 Å². The summed E-state index contributed by atoms with van der Waals surface area (Å²) >= 11 is 0. The van der Waals surface area contributed by atoms with Crippen LogP contribution in [0.1, 0.15) is 21.7 Å². The van der Waals surface area contributed by atoms with E-state index in [2.05, 4.69) is 20.2 Å². The molecule has 5 rings (SSSR count). The van der Waals surface area contributed by atoms with Gasteiger partial charge in [-0.3, -0.25) is 9.69 Å². The van der Waals surface area contributed by atoms with E-state index < -0.39 is 0 Å². The van der Waals surface area contributed by atoms with Gasteiger partial charge in [0.05, 0.1) is 30.8 Å². The van der Waals surface area contributed by atoms with Crippen molar-refractivity contribution in [2.24, 2.45) is 0 Å². The van der Waals surface area contributed by atoms with Crippen molar-refractivity contribution >= 4 is 22.6 Å². The number of H-pyrrole nitrogens is 1. The average molecular weight is 443 g/mol. The summed E-state index contributed by atoms with van der Waals surface area (Å²) in [5.41, 5.74) is 4.11. The van der Waals surface area contributed by atoms with Gasteiger partial charge in [-0.1, -0.05) is 36.4 Å². The second kappa shape index (κ2) is 9.85. The number of nitrogens with zero attached hydrogens (tertiary/aromatic N) is 2. The molecule has 0 aliphatic carbocycles. The molecule has 0 spiro atoms. The van der Waals surface area contributed by atoms with Crippen LogP contribution in [0.25, 0.3) is 11.0 Å². The molecule has 1 saturated heterocycles. The van der Waals surface area contributed by atoms with Gasteiger partial charge in [-0.15, -0.1) is 0 Å². The molecule has 1 fully saturated rings. The van der Waals surface area contributed by atoms with E-state index in [0.29, 0.717) is 23.6 Å². The highest BCUT2D eigenvalue weighted by atomic mass is 16.5. The van der Waals surface area contributed by atoms with Gasteiger partial charge < -0.3 is 19.8 Å². The molecule has 0 saturated carbocycles. The van der Waals surface area contributed by atoms with Gasteiger partial charge in [0.15, 0.2) is 0 Å². The number of aromatic amines is 1. The normalized spacial score (nSPS) is 14.3. The van der Waals surface area contributed by atoms with Crippen LogP contribution in [0.4, 0.5) is 5.69 Å². The number of aromatic nitrogens is 2. The van der Waals surface area contributed by atoms with E-state index >= 15 is 0 Å². The van der Waals surface area contributed by atoms with Gasteiger partial charge in [0.2, 0.25) is 0 Å². The summed E-state index contributed by atoms with van der Waals surface area (Å²) in [6, 6.07) is 22.9. The minimum Gasteiger partial charge on any atom is -0.489 e. The third-order valence-corrected chi connectivity index (χ3v) is 5.61. The first-order valence-electron chi connectivity index (χ1n) is 11.1. The van der Waals surface area contributed by atoms with Crippen LogP contribution in [0.5, 0.6) is 5.75 Å². The summed E-state index contributed by atoms with van der Waals surface area (Å²) in [6.07, 6.45) is 0. The van der Waals surface area contributed by atoms with Gasteiger partial charge in [0.1, 0.15) is 18.2 Å². The molecule has 0 atom stereocenters. The molecule has 4 aromatic rings. The van der Waals surface area contributed by atoms with Crippen LogP contribution in [0, 0.1) is 0 Å². The number of carbonyl (C=O) groups is 1. The fourth-order valence-electron chi connectivity index (χ4n) is 3.86. The van der Waals surface area contributed by atoms with Crippen molar-refractivity contribution in [3.8, 4) is 5.75 Å². The van der Waals surface area contributed by atoms with E-state index in [4.69, 9.17) is 9.47 Å². The highest BCUT2D eigenvalue weighted by Crippen LogP contribution is 2.20. The smallest absolute Gasteiger partial charge is 0.255 e. The molecule has 7 nitrogen and oxygen atoms in total. The van der Waals surface area contributed by atoms with Gasteiger partial charge in [0.25, 0.3) is 5.91 Å². The SMILES string of the molecule is O=C(Nc1ccc2nc(CN3CCOCC3)[nH]c2c1)c1cccc(OCc2ccccc2)c1. The molecule has 2 N–H and O–H groups in total. The summed E-state index contributed by atoms with van der Waals surface area (Å²) in [7, 11) is 0. The van der Waals surface area contributed by atoms with Crippen molar-refractivity contribution in [2.45, 2.75) is 13.2 Å². The highest BCUT2D eigenvalue weighted by molar-refractivity contribution is 6.05. The summed E-state index contributed by atoms with van der Waals surface area (Å²) in [5.74, 6) is 1.38. The minimum absolute atomic E-state index is 0.187. The van der Waals surface area contributed by atoms with Crippen LogP contribution in [0.15, 0.2) is 72.8 Å². The Morgan fingerprint density at radius 2 is 1.88 bits per heavy atom. The molecular formula is C26H26N4O3. The monoisotopic (exact) mass is 442 g/mol. The molecule has 2 heterocycles. The zero-order valence-corrected chi connectivity index (χ0v) is 18.3. The lowest BCUT2D eigenvalue weighted by molar-refractivity contribution is 0.0332. The Morgan fingerprint density at radius 1 is 1.03 bits per heavy atom. The maximum absolute atomic E-state index is 12.8. The van der Waals surface area contributed by atoms with E-state index in [1.54, 1.807) is 12.1 Å². The van der Waals surface area contributed by atoms with Crippen molar-refractivity contribution in [3.05, 3.63) is 89.7 Å². The molecule has 168 valence electrons. The van der Waals surface area contributed by atoms with Crippen LogP contribution in [0.3, 0.4) is 0 Å². The molecular weight excluding hydrogens is 416 g/mol. The maximum atomic E-state index is 12.8. The Bertz CT molecular complexity index is 1230. The number of morpholine rings is 1. The predicted molar refractivity (Wildman–Crippen MR) is 127 cm³/mol. The van der Waals surface area contributed by atoms with E-state index in [1.165, 1.54) is 0 Å². The number of imidazole rings is 1. The number of fused-ring (bicyclic) bond motifs is 1. The molecule has 7 heteroatoms. The van der Waals surface area contributed by atoms with Crippen molar-refractivity contribution in [1.29, 1.82) is 0 Å². The number of ether oxygens (including phenoxy) is 2. The average Bonchev–Trinajstić information content (AvgIpc) is 3.25. The van der Waals surface area contributed by atoms with E-state index in [0.717, 1.165) is 55.3 Å². The Kier molecular flexibility index (Phi) is 6.32. The van der Waals surface area contributed by atoms with Crippen molar-refractivity contribution in [1.82, 2.24) is 14.9 Å². The van der Waals surface area contributed by atoms with E-state index in [-0.39, 0.29) is 5.91 Å². The Labute approximate surface area is 192 Å². The second-order valence-corrected chi connectivity index (χ2v) is 8.06. The van der Waals surface area contributed by atoms with Gasteiger partial charge >= 0.3 is 0 Å². The highest BCUT2D eigenvalue weighted by Gasteiger charge is 2.14. The topological polar surface area (TPSA) is 79.5 Å². The first-order chi connectivity index (χ1) is 16.2. The molecule has 1 aliphatic heterocycles. The van der Waals surface area contributed by atoms with Crippen molar-refractivity contribution in [3.63, 3.8) is 0 Å². The van der Waals surface area contributed by atoms with Crippen LogP contribution in [0.2, 0.25) is 0 Å². The molecule has 0 radical (unpaired) electrons.